The van der Waals surface area contributed by atoms with Gasteiger partial charge in [-0.2, -0.15) is 0 Å². The van der Waals surface area contributed by atoms with Crippen molar-refractivity contribution in [2.45, 2.75) is 140 Å². The molecule has 0 aromatic heterocycles. The smallest absolute Gasteiger partial charge is 0.192 e. The molecule has 218 valence electrons. The Kier molecular flexibility index (Phi) is 9.26. The minimum Gasteiger partial charge on any atom is -0.414 e. The zero-order valence-corrected chi connectivity index (χ0v) is 24.3. The molecule has 0 aliphatic carbocycles. The molecule has 5 N–H and O–H groups in total. The highest BCUT2D eigenvalue weighted by Gasteiger charge is 2.57. The fourth-order valence-electron chi connectivity index (χ4n) is 4.46. The zero-order valence-electron chi connectivity index (χ0n) is 23.3. The molecule has 3 saturated heterocycles. The Balaban J connectivity index is 1.78. The second kappa shape index (κ2) is 11.0. The number of aliphatic hydroxyl groups excluding tert-OH is 5. The van der Waals surface area contributed by atoms with E-state index in [1.54, 1.807) is 27.7 Å². The Morgan fingerprint density at radius 3 is 1.97 bits per heavy atom. The van der Waals surface area contributed by atoms with Crippen LogP contribution in [-0.2, 0) is 32.8 Å². The second-order valence-electron chi connectivity index (χ2n) is 12.5. The molecular formula is C24H46O12Si. The molecule has 0 bridgehead atoms. The van der Waals surface area contributed by atoms with Gasteiger partial charge < -0.3 is 58.4 Å². The summed E-state index contributed by atoms with van der Waals surface area (Å²) in [6, 6.07) is 0. The molecule has 1 unspecified atom stereocenters. The highest BCUT2D eigenvalue weighted by atomic mass is 28.4. The van der Waals surface area contributed by atoms with Gasteiger partial charge in [0, 0.05) is 0 Å². The van der Waals surface area contributed by atoms with Gasteiger partial charge in [0.1, 0.15) is 48.8 Å². The highest BCUT2D eigenvalue weighted by Crippen LogP contribution is 2.42. The molecule has 10 atom stereocenters. The van der Waals surface area contributed by atoms with E-state index in [-0.39, 0.29) is 11.6 Å². The summed E-state index contributed by atoms with van der Waals surface area (Å²) in [5.41, 5.74) is 0. The van der Waals surface area contributed by atoms with Gasteiger partial charge in [0.2, 0.25) is 0 Å². The molecule has 12 nitrogen and oxygen atoms in total. The Morgan fingerprint density at radius 2 is 1.41 bits per heavy atom. The summed E-state index contributed by atoms with van der Waals surface area (Å²) in [6.45, 7) is 17.3. The Morgan fingerprint density at radius 1 is 0.838 bits per heavy atom. The number of hydrogen-bond donors (Lipinski definition) is 5. The SMILES string of the molecule is CC1(C)O[C@@H]([C@@H]2OC(C)(C)O[C@@H]2CO[Si](C)(C)C(C)(C)C)[C@@H](C(O)O[C@@H]2O[C@H](CO)[C@@H](O)[C@H](O)[C@@H]2O)O1. The molecule has 3 heterocycles. The first-order chi connectivity index (χ1) is 16.8. The molecule has 0 radical (unpaired) electrons. The summed E-state index contributed by atoms with van der Waals surface area (Å²) in [5, 5.41) is 50.9. The van der Waals surface area contributed by atoms with Crippen LogP contribution >= 0.6 is 0 Å². The van der Waals surface area contributed by atoms with Crippen molar-refractivity contribution >= 4 is 8.32 Å². The summed E-state index contributed by atoms with van der Waals surface area (Å²) >= 11 is 0. The lowest BCUT2D eigenvalue weighted by Crippen LogP contribution is -2.60. The first kappa shape index (κ1) is 31.3. The average molecular weight is 555 g/mol. The van der Waals surface area contributed by atoms with E-state index in [0.29, 0.717) is 0 Å². The van der Waals surface area contributed by atoms with E-state index in [1.807, 2.05) is 0 Å². The van der Waals surface area contributed by atoms with Gasteiger partial charge in [0.15, 0.2) is 32.5 Å². The molecule has 0 amide bonds. The highest BCUT2D eigenvalue weighted by molar-refractivity contribution is 6.74. The van der Waals surface area contributed by atoms with Gasteiger partial charge in [-0.15, -0.1) is 0 Å². The molecule has 13 heteroatoms. The van der Waals surface area contributed by atoms with Crippen molar-refractivity contribution in [3.63, 3.8) is 0 Å². The van der Waals surface area contributed by atoms with Crippen LogP contribution in [0.4, 0.5) is 0 Å². The largest absolute Gasteiger partial charge is 0.414 e. The van der Waals surface area contributed by atoms with Crippen LogP contribution < -0.4 is 0 Å². The van der Waals surface area contributed by atoms with Gasteiger partial charge in [0.25, 0.3) is 0 Å². The van der Waals surface area contributed by atoms with Crippen LogP contribution in [0.15, 0.2) is 0 Å². The van der Waals surface area contributed by atoms with Gasteiger partial charge in [-0.3, -0.25) is 0 Å². The van der Waals surface area contributed by atoms with Gasteiger partial charge in [-0.05, 0) is 45.8 Å². The Bertz CT molecular complexity index is 769. The predicted octanol–water partition coefficient (Wildman–Crippen LogP) is 0.183. The van der Waals surface area contributed by atoms with E-state index in [0.717, 1.165) is 0 Å². The monoisotopic (exact) mass is 554 g/mol. The van der Waals surface area contributed by atoms with Crippen molar-refractivity contribution in [1.29, 1.82) is 0 Å². The summed E-state index contributed by atoms with van der Waals surface area (Å²) < 4.78 is 41.8. The first-order valence-corrected chi connectivity index (χ1v) is 15.7. The van der Waals surface area contributed by atoms with Crippen molar-refractivity contribution in [2.75, 3.05) is 13.2 Å². The lowest BCUT2D eigenvalue weighted by atomic mass is 9.99. The molecule has 0 aromatic rings. The first-order valence-electron chi connectivity index (χ1n) is 12.8. The fraction of sp³-hybridized carbons (Fsp3) is 1.00. The quantitative estimate of drug-likeness (QED) is 0.204. The minimum atomic E-state index is -2.11. The van der Waals surface area contributed by atoms with Crippen LogP contribution in [0, 0.1) is 0 Å². The third-order valence-corrected chi connectivity index (χ3v) is 12.0. The van der Waals surface area contributed by atoms with Gasteiger partial charge in [-0.25, -0.2) is 0 Å². The number of rotatable bonds is 8. The maximum atomic E-state index is 11.0. The average Bonchev–Trinajstić information content (AvgIpc) is 3.26. The third kappa shape index (κ3) is 6.91. The number of ether oxygens (including phenoxy) is 6. The van der Waals surface area contributed by atoms with Crippen molar-refractivity contribution in [3.05, 3.63) is 0 Å². The van der Waals surface area contributed by atoms with E-state index in [4.69, 9.17) is 32.8 Å². The van der Waals surface area contributed by atoms with Crippen LogP contribution in [0.5, 0.6) is 0 Å². The van der Waals surface area contributed by atoms with Crippen molar-refractivity contribution in [1.82, 2.24) is 0 Å². The lowest BCUT2D eigenvalue weighted by molar-refractivity contribution is -0.344. The predicted molar refractivity (Wildman–Crippen MR) is 132 cm³/mol. The van der Waals surface area contributed by atoms with E-state index in [9.17, 15) is 25.5 Å². The van der Waals surface area contributed by atoms with Gasteiger partial charge in [0.05, 0.1) is 13.2 Å². The van der Waals surface area contributed by atoms with Crippen molar-refractivity contribution in [3.8, 4) is 0 Å². The normalized spacial score (nSPS) is 41.2. The number of hydrogen-bond acceptors (Lipinski definition) is 12. The molecule has 0 saturated carbocycles. The van der Waals surface area contributed by atoms with Crippen LogP contribution in [0.1, 0.15) is 48.5 Å². The second-order valence-corrected chi connectivity index (χ2v) is 17.3. The van der Waals surface area contributed by atoms with Crippen molar-refractivity contribution < 1.29 is 58.4 Å². The molecule has 3 rings (SSSR count). The zero-order chi connectivity index (χ0) is 28.1. The summed E-state index contributed by atoms with van der Waals surface area (Å²) in [4.78, 5) is 0. The maximum Gasteiger partial charge on any atom is 0.192 e. The molecule has 0 spiro atoms. The van der Waals surface area contributed by atoms with Gasteiger partial charge in [-0.1, -0.05) is 20.8 Å². The summed E-state index contributed by atoms with van der Waals surface area (Å²) in [7, 11) is -2.11. The molecule has 37 heavy (non-hydrogen) atoms. The van der Waals surface area contributed by atoms with E-state index in [2.05, 4.69) is 33.9 Å². The topological polar surface area (TPSA) is 166 Å². The standard InChI is InChI=1S/C24H46O12Si/c1-22(2,3)37(8,9)30-11-13-17(34-23(4,5)33-13)18-19(36-24(6,7)35-18)20(29)32-21-16(28)15(27)14(26)12(10-25)31-21/h12-21,25-29H,10-11H2,1-9H3/t12-,13-,14-,15+,16+,17-,18+,19+,20?,21+/m1/s1. The van der Waals surface area contributed by atoms with E-state index in [1.165, 1.54) is 0 Å². The fourth-order valence-corrected chi connectivity index (χ4v) is 5.48. The Labute approximate surface area is 219 Å². The van der Waals surface area contributed by atoms with Crippen LogP contribution in [0.2, 0.25) is 18.1 Å². The Hall–Kier alpha value is -0.263. The third-order valence-electron chi connectivity index (χ3n) is 7.53. The molecule has 3 aliphatic heterocycles. The van der Waals surface area contributed by atoms with Crippen molar-refractivity contribution in [2.24, 2.45) is 0 Å². The lowest BCUT2D eigenvalue weighted by Gasteiger charge is -2.41. The van der Waals surface area contributed by atoms with E-state index >= 15 is 0 Å². The molecule has 0 aromatic carbocycles. The van der Waals surface area contributed by atoms with Crippen LogP contribution in [-0.4, -0.2) is 120 Å². The minimum absolute atomic E-state index is 0.00952. The maximum absolute atomic E-state index is 11.0. The van der Waals surface area contributed by atoms with E-state index < -0.39 is 87.9 Å². The van der Waals surface area contributed by atoms with Crippen LogP contribution in [0.25, 0.3) is 0 Å². The van der Waals surface area contributed by atoms with Crippen LogP contribution in [0.3, 0.4) is 0 Å². The summed E-state index contributed by atoms with van der Waals surface area (Å²) in [6.07, 6.45) is -12.5. The molecular weight excluding hydrogens is 508 g/mol. The number of aliphatic hydroxyl groups is 5. The molecule has 3 aliphatic rings. The molecule has 3 fully saturated rings. The van der Waals surface area contributed by atoms with Gasteiger partial charge >= 0.3 is 0 Å². The summed E-state index contributed by atoms with van der Waals surface area (Å²) in [5.74, 6) is -2.06.